The Bertz CT molecular complexity index is 1240. The molecule has 0 saturated carbocycles. The lowest BCUT2D eigenvalue weighted by atomic mass is 10.0. The number of quaternary nitrogens is 1. The molecule has 2 unspecified atom stereocenters. The van der Waals surface area contributed by atoms with Crippen LogP contribution >= 0.6 is 0 Å². The van der Waals surface area contributed by atoms with Crippen LogP contribution < -0.4 is 5.11 Å². The van der Waals surface area contributed by atoms with Crippen LogP contribution in [0.25, 0.3) is 0 Å². The summed E-state index contributed by atoms with van der Waals surface area (Å²) in [7, 11) is 5.92. The number of hydrogen-bond donors (Lipinski definition) is 0. The van der Waals surface area contributed by atoms with Gasteiger partial charge in [-0.05, 0) is 51.4 Å². The van der Waals surface area contributed by atoms with E-state index in [-0.39, 0.29) is 32.2 Å². The lowest BCUT2D eigenvalue weighted by Gasteiger charge is -2.26. The molecule has 0 fully saturated rings. The molecule has 9 heteroatoms. The van der Waals surface area contributed by atoms with Crippen molar-refractivity contribution in [3.63, 3.8) is 0 Å². The van der Waals surface area contributed by atoms with Gasteiger partial charge in [0.15, 0.2) is 12.4 Å². The first-order valence-electron chi connectivity index (χ1n) is 27.8. The first-order chi connectivity index (χ1) is 32.6. The number of hydrogen-bond acceptors (Lipinski definition) is 8. The summed E-state index contributed by atoms with van der Waals surface area (Å²) in [5.41, 5.74) is 0. The van der Waals surface area contributed by atoms with E-state index in [1.165, 1.54) is 154 Å². The minimum atomic E-state index is -1.62. The molecule has 0 aromatic carbocycles. The summed E-state index contributed by atoms with van der Waals surface area (Å²) in [5, 5.41) is 11.7. The standard InChI is InChI=1S/C58H105NO8/c1-6-8-10-12-14-16-18-20-22-23-24-25-26-27-28-29-30-31-32-33-35-37-39-41-43-45-47-49-56(61)67-54(53-66-58(57(62)63)64-51-50-59(3,4)5)52-65-55(60)48-46-44-42-40-38-36-34-21-19-17-15-13-11-9-7-2/h8,10,14,16,20,22,24-25,54,58H,6-7,9,11-13,15,17-19,21,23,26-53H2,1-5H3/b10-8-,16-14-,22-20-,25-24-. The minimum Gasteiger partial charge on any atom is -0.545 e. The Morgan fingerprint density at radius 1 is 0.463 bits per heavy atom. The van der Waals surface area contributed by atoms with Crippen LogP contribution in [0.1, 0.15) is 245 Å². The number of nitrogens with zero attached hydrogens (tertiary/aromatic N) is 1. The molecule has 0 aliphatic heterocycles. The number of rotatable bonds is 51. The van der Waals surface area contributed by atoms with Gasteiger partial charge in [-0.2, -0.15) is 0 Å². The predicted octanol–water partition coefficient (Wildman–Crippen LogP) is 14.6. The molecular formula is C58H105NO8. The van der Waals surface area contributed by atoms with Gasteiger partial charge < -0.3 is 33.3 Å². The molecule has 0 aromatic rings. The van der Waals surface area contributed by atoms with Crippen LogP contribution in [0.4, 0.5) is 0 Å². The number of likely N-dealkylation sites (N-methyl/N-ethyl adjacent to an activating group) is 1. The number of ether oxygens (including phenoxy) is 4. The van der Waals surface area contributed by atoms with Gasteiger partial charge in [0.05, 0.1) is 40.3 Å². The van der Waals surface area contributed by atoms with Gasteiger partial charge in [-0.3, -0.25) is 9.59 Å². The highest BCUT2D eigenvalue weighted by Crippen LogP contribution is 2.16. The van der Waals surface area contributed by atoms with Crippen molar-refractivity contribution < 1.29 is 42.9 Å². The van der Waals surface area contributed by atoms with Crippen LogP contribution in [0, 0.1) is 0 Å². The van der Waals surface area contributed by atoms with Crippen LogP contribution in [0.15, 0.2) is 48.6 Å². The first-order valence-corrected chi connectivity index (χ1v) is 27.8. The third kappa shape index (κ3) is 50.9. The molecule has 0 saturated heterocycles. The highest BCUT2D eigenvalue weighted by Gasteiger charge is 2.22. The number of carbonyl (C=O) groups is 3. The van der Waals surface area contributed by atoms with Crippen molar-refractivity contribution in [1.29, 1.82) is 0 Å². The van der Waals surface area contributed by atoms with Gasteiger partial charge in [-0.25, -0.2) is 0 Å². The fraction of sp³-hybridized carbons (Fsp3) is 0.810. The second-order valence-corrected chi connectivity index (χ2v) is 19.9. The second kappa shape index (κ2) is 49.7. The second-order valence-electron chi connectivity index (χ2n) is 19.9. The van der Waals surface area contributed by atoms with E-state index >= 15 is 0 Å². The summed E-state index contributed by atoms with van der Waals surface area (Å²) in [6, 6.07) is 0. The number of carbonyl (C=O) groups excluding carboxylic acids is 3. The molecule has 0 bridgehead atoms. The SMILES string of the molecule is CC/C=C\C/C=C\C/C=C\C/C=C\CCCCCCCCCCCCCCCCC(=O)OC(COC(=O)CCCCCCCCCCCCCCCCC)COC(OCC[N+](C)(C)C)C(=O)[O-]. The van der Waals surface area contributed by atoms with E-state index < -0.39 is 24.3 Å². The Hall–Kier alpha value is -2.75. The van der Waals surface area contributed by atoms with Gasteiger partial charge in [0.2, 0.25) is 0 Å². The summed E-state index contributed by atoms with van der Waals surface area (Å²) in [4.78, 5) is 37.2. The van der Waals surface area contributed by atoms with E-state index in [0.29, 0.717) is 23.9 Å². The quantitative estimate of drug-likeness (QED) is 0.0195. The smallest absolute Gasteiger partial charge is 0.306 e. The molecule has 0 aromatic heterocycles. The zero-order valence-corrected chi connectivity index (χ0v) is 44.3. The van der Waals surface area contributed by atoms with Crippen LogP contribution in [0.2, 0.25) is 0 Å². The van der Waals surface area contributed by atoms with Crippen molar-refractivity contribution in [1.82, 2.24) is 0 Å². The molecule has 67 heavy (non-hydrogen) atoms. The summed E-state index contributed by atoms with van der Waals surface area (Å²) < 4.78 is 22.7. The number of unbranched alkanes of at least 4 members (excludes halogenated alkanes) is 28. The molecule has 0 aliphatic rings. The Kier molecular flexibility index (Phi) is 47.6. The molecule has 0 radical (unpaired) electrons. The monoisotopic (exact) mass is 944 g/mol. The van der Waals surface area contributed by atoms with Gasteiger partial charge in [0, 0.05) is 12.8 Å². The molecule has 0 heterocycles. The molecule has 2 atom stereocenters. The Balaban J connectivity index is 4.21. The number of aliphatic carboxylic acids is 1. The molecule has 9 nitrogen and oxygen atoms in total. The van der Waals surface area contributed by atoms with E-state index in [0.717, 1.165) is 57.8 Å². The number of esters is 2. The van der Waals surface area contributed by atoms with Crippen LogP contribution in [-0.2, 0) is 33.3 Å². The van der Waals surface area contributed by atoms with Crippen molar-refractivity contribution in [2.75, 3.05) is 47.5 Å². The molecule has 0 aliphatic carbocycles. The Labute approximate surface area is 412 Å². The zero-order valence-electron chi connectivity index (χ0n) is 44.3. The lowest BCUT2D eigenvalue weighted by molar-refractivity contribution is -0.870. The Morgan fingerprint density at radius 2 is 0.851 bits per heavy atom. The van der Waals surface area contributed by atoms with Crippen molar-refractivity contribution in [3.8, 4) is 0 Å². The summed E-state index contributed by atoms with van der Waals surface area (Å²) >= 11 is 0. The molecule has 0 N–H and O–H groups in total. The third-order valence-corrected chi connectivity index (χ3v) is 12.1. The zero-order chi connectivity index (χ0) is 49.2. The molecular weight excluding hydrogens is 839 g/mol. The number of carboxylic acids is 1. The van der Waals surface area contributed by atoms with Crippen LogP contribution in [0.3, 0.4) is 0 Å². The summed E-state index contributed by atoms with van der Waals surface area (Å²) in [6.07, 6.45) is 57.2. The van der Waals surface area contributed by atoms with Crippen LogP contribution in [0.5, 0.6) is 0 Å². The van der Waals surface area contributed by atoms with Gasteiger partial charge >= 0.3 is 11.9 Å². The summed E-state index contributed by atoms with van der Waals surface area (Å²) in [6.45, 7) is 4.66. The van der Waals surface area contributed by atoms with E-state index in [1.807, 2.05) is 21.1 Å². The van der Waals surface area contributed by atoms with Crippen molar-refractivity contribution in [2.45, 2.75) is 257 Å². The highest BCUT2D eigenvalue weighted by molar-refractivity contribution is 5.70. The van der Waals surface area contributed by atoms with Gasteiger partial charge in [0.25, 0.3) is 0 Å². The minimum absolute atomic E-state index is 0.149. The predicted molar refractivity (Wildman–Crippen MR) is 279 cm³/mol. The topological polar surface area (TPSA) is 111 Å². The van der Waals surface area contributed by atoms with Crippen molar-refractivity contribution >= 4 is 17.9 Å². The van der Waals surface area contributed by atoms with Gasteiger partial charge in [-0.1, -0.05) is 229 Å². The van der Waals surface area contributed by atoms with E-state index in [2.05, 4.69) is 62.5 Å². The molecule has 0 spiro atoms. The van der Waals surface area contributed by atoms with Crippen molar-refractivity contribution in [2.24, 2.45) is 0 Å². The van der Waals surface area contributed by atoms with E-state index in [4.69, 9.17) is 18.9 Å². The van der Waals surface area contributed by atoms with E-state index in [1.54, 1.807) is 0 Å². The first kappa shape index (κ1) is 64.2. The molecule has 0 amide bonds. The van der Waals surface area contributed by atoms with Gasteiger partial charge in [-0.15, -0.1) is 0 Å². The van der Waals surface area contributed by atoms with Crippen molar-refractivity contribution in [3.05, 3.63) is 48.6 Å². The lowest BCUT2D eigenvalue weighted by Crippen LogP contribution is -2.44. The molecule has 390 valence electrons. The fourth-order valence-electron chi connectivity index (χ4n) is 7.82. The highest BCUT2D eigenvalue weighted by atomic mass is 16.7. The van der Waals surface area contributed by atoms with Gasteiger partial charge in [0.1, 0.15) is 13.2 Å². The maximum absolute atomic E-state index is 12.8. The molecule has 0 rings (SSSR count). The number of carboxylic acid groups (broad SMARTS) is 1. The fourth-order valence-corrected chi connectivity index (χ4v) is 7.82. The number of allylic oxidation sites excluding steroid dienone is 8. The maximum atomic E-state index is 12.8. The summed E-state index contributed by atoms with van der Waals surface area (Å²) in [5.74, 6) is -2.27. The van der Waals surface area contributed by atoms with Crippen LogP contribution in [-0.4, -0.2) is 82.3 Å². The third-order valence-electron chi connectivity index (χ3n) is 12.1. The average Bonchev–Trinajstić information content (AvgIpc) is 3.29. The Morgan fingerprint density at radius 3 is 1.27 bits per heavy atom. The normalized spacial score (nSPS) is 13.1. The largest absolute Gasteiger partial charge is 0.545 e. The average molecular weight is 944 g/mol. The van der Waals surface area contributed by atoms with E-state index in [9.17, 15) is 19.5 Å². The maximum Gasteiger partial charge on any atom is 0.306 e.